The van der Waals surface area contributed by atoms with Crippen molar-refractivity contribution in [2.45, 2.75) is 25.3 Å². The predicted octanol–water partition coefficient (Wildman–Crippen LogP) is 4.15. The van der Waals surface area contributed by atoms with Crippen LogP contribution in [0.1, 0.15) is 30.3 Å². The van der Waals surface area contributed by atoms with Gasteiger partial charge in [0, 0.05) is 25.4 Å². The standard InChI is InChI=1S/C21H22N4OS/c26-21(14-19(16-9-13-27-15-16)25-11-3-4-12-25)22-10-5-8-20-23-17-6-1-2-7-18(17)24-20/h1-4,6-7,9,11-13,15,19H,5,8,10,14H2,(H,22,26)(H,23,24). The van der Waals surface area contributed by atoms with Crippen LogP contribution in [0.5, 0.6) is 0 Å². The Labute approximate surface area is 162 Å². The summed E-state index contributed by atoms with van der Waals surface area (Å²) in [5.41, 5.74) is 3.22. The Morgan fingerprint density at radius 3 is 2.81 bits per heavy atom. The van der Waals surface area contributed by atoms with Crippen molar-refractivity contribution in [1.29, 1.82) is 0 Å². The van der Waals surface area contributed by atoms with Gasteiger partial charge in [0.25, 0.3) is 0 Å². The van der Waals surface area contributed by atoms with Crippen LogP contribution in [0.4, 0.5) is 0 Å². The van der Waals surface area contributed by atoms with Gasteiger partial charge in [-0.3, -0.25) is 4.79 Å². The zero-order valence-corrected chi connectivity index (χ0v) is 15.8. The number of para-hydroxylation sites is 2. The number of imidazole rings is 1. The van der Waals surface area contributed by atoms with Crippen molar-refractivity contribution in [3.63, 3.8) is 0 Å². The van der Waals surface area contributed by atoms with E-state index in [-0.39, 0.29) is 11.9 Å². The van der Waals surface area contributed by atoms with E-state index in [2.05, 4.69) is 36.7 Å². The molecule has 0 fully saturated rings. The Kier molecular flexibility index (Phi) is 5.34. The van der Waals surface area contributed by atoms with Gasteiger partial charge in [0.2, 0.25) is 5.91 Å². The van der Waals surface area contributed by atoms with Crippen LogP contribution in [-0.2, 0) is 11.2 Å². The van der Waals surface area contributed by atoms with Gasteiger partial charge in [0.15, 0.2) is 0 Å². The Morgan fingerprint density at radius 2 is 2.04 bits per heavy atom. The third-order valence-electron chi connectivity index (χ3n) is 4.65. The van der Waals surface area contributed by atoms with Crippen LogP contribution in [0.3, 0.4) is 0 Å². The van der Waals surface area contributed by atoms with E-state index in [0.29, 0.717) is 13.0 Å². The molecule has 5 nitrogen and oxygen atoms in total. The van der Waals surface area contributed by atoms with Gasteiger partial charge >= 0.3 is 0 Å². The fraction of sp³-hybridized carbons (Fsp3) is 0.238. The van der Waals surface area contributed by atoms with Gasteiger partial charge < -0.3 is 14.9 Å². The second-order valence-corrected chi connectivity index (χ2v) is 7.34. The number of hydrogen-bond acceptors (Lipinski definition) is 3. The first-order valence-electron chi connectivity index (χ1n) is 9.14. The molecule has 0 spiro atoms. The van der Waals surface area contributed by atoms with Gasteiger partial charge in [-0.05, 0) is 53.1 Å². The normalized spacial score (nSPS) is 12.3. The summed E-state index contributed by atoms with van der Waals surface area (Å²) in [6.07, 6.45) is 6.14. The van der Waals surface area contributed by atoms with E-state index in [4.69, 9.17) is 0 Å². The zero-order valence-electron chi connectivity index (χ0n) is 15.0. The van der Waals surface area contributed by atoms with Gasteiger partial charge in [-0.1, -0.05) is 12.1 Å². The zero-order chi connectivity index (χ0) is 18.5. The molecule has 6 heteroatoms. The van der Waals surface area contributed by atoms with Crippen LogP contribution in [0.2, 0.25) is 0 Å². The van der Waals surface area contributed by atoms with Gasteiger partial charge in [-0.15, -0.1) is 0 Å². The van der Waals surface area contributed by atoms with Crippen LogP contribution in [-0.4, -0.2) is 27.0 Å². The fourth-order valence-electron chi connectivity index (χ4n) is 3.27. The number of benzene rings is 1. The molecule has 3 aromatic heterocycles. The molecule has 27 heavy (non-hydrogen) atoms. The number of amides is 1. The molecule has 0 aliphatic heterocycles. The smallest absolute Gasteiger partial charge is 0.222 e. The van der Waals surface area contributed by atoms with Crippen molar-refractivity contribution in [1.82, 2.24) is 19.9 Å². The highest BCUT2D eigenvalue weighted by molar-refractivity contribution is 7.08. The summed E-state index contributed by atoms with van der Waals surface area (Å²) in [4.78, 5) is 20.4. The van der Waals surface area contributed by atoms with Crippen molar-refractivity contribution in [2.75, 3.05) is 6.54 Å². The highest BCUT2D eigenvalue weighted by Gasteiger charge is 2.17. The third-order valence-corrected chi connectivity index (χ3v) is 5.35. The van der Waals surface area contributed by atoms with E-state index < -0.39 is 0 Å². The topological polar surface area (TPSA) is 62.7 Å². The van der Waals surface area contributed by atoms with E-state index in [1.54, 1.807) is 11.3 Å². The van der Waals surface area contributed by atoms with Crippen molar-refractivity contribution < 1.29 is 4.79 Å². The van der Waals surface area contributed by atoms with Crippen molar-refractivity contribution >= 4 is 28.3 Å². The minimum atomic E-state index is 0.0432. The van der Waals surface area contributed by atoms with E-state index in [0.717, 1.165) is 29.7 Å². The van der Waals surface area contributed by atoms with Crippen LogP contribution in [0.25, 0.3) is 11.0 Å². The molecule has 0 radical (unpaired) electrons. The van der Waals surface area contributed by atoms with E-state index in [9.17, 15) is 4.79 Å². The number of fused-ring (bicyclic) bond motifs is 1. The first kappa shape index (κ1) is 17.5. The number of H-pyrrole nitrogens is 1. The van der Waals surface area contributed by atoms with Crippen LogP contribution in [0.15, 0.2) is 65.6 Å². The maximum absolute atomic E-state index is 12.5. The third kappa shape index (κ3) is 4.28. The lowest BCUT2D eigenvalue weighted by Crippen LogP contribution is -2.27. The number of aryl methyl sites for hydroxylation is 1. The molecule has 1 amide bonds. The number of hydrogen-bond donors (Lipinski definition) is 2. The lowest BCUT2D eigenvalue weighted by atomic mass is 10.1. The van der Waals surface area contributed by atoms with Crippen LogP contribution < -0.4 is 5.32 Å². The number of aromatic nitrogens is 3. The van der Waals surface area contributed by atoms with Gasteiger partial charge in [-0.2, -0.15) is 11.3 Å². The Bertz CT molecular complexity index is 921. The monoisotopic (exact) mass is 378 g/mol. The van der Waals surface area contributed by atoms with Crippen LogP contribution in [0, 0.1) is 0 Å². The second kappa shape index (κ2) is 8.22. The minimum Gasteiger partial charge on any atom is -0.356 e. The molecule has 1 aromatic carbocycles. The first-order valence-corrected chi connectivity index (χ1v) is 10.1. The molecule has 4 rings (SSSR count). The van der Waals surface area contributed by atoms with Crippen LogP contribution >= 0.6 is 11.3 Å². The number of carbonyl (C=O) groups excluding carboxylic acids is 1. The summed E-state index contributed by atoms with van der Waals surface area (Å²) >= 11 is 1.66. The molecule has 1 unspecified atom stereocenters. The Balaban J connectivity index is 1.28. The average molecular weight is 379 g/mol. The summed E-state index contributed by atoms with van der Waals surface area (Å²) in [5.74, 6) is 1.04. The molecular formula is C21H22N4OS. The van der Waals surface area contributed by atoms with E-state index >= 15 is 0 Å². The minimum absolute atomic E-state index is 0.0432. The summed E-state index contributed by atoms with van der Waals surface area (Å²) in [6, 6.07) is 14.1. The second-order valence-electron chi connectivity index (χ2n) is 6.56. The number of nitrogens with one attached hydrogen (secondary N) is 2. The molecular weight excluding hydrogens is 356 g/mol. The average Bonchev–Trinajstić information content (AvgIpc) is 3.44. The largest absolute Gasteiger partial charge is 0.356 e. The molecule has 1 atom stereocenters. The predicted molar refractivity (Wildman–Crippen MR) is 109 cm³/mol. The molecule has 0 bridgehead atoms. The Morgan fingerprint density at radius 1 is 1.19 bits per heavy atom. The molecule has 0 saturated heterocycles. The number of carbonyl (C=O) groups is 1. The lowest BCUT2D eigenvalue weighted by molar-refractivity contribution is -0.121. The summed E-state index contributed by atoms with van der Waals surface area (Å²) in [5, 5.41) is 7.21. The first-order chi connectivity index (χ1) is 13.3. The highest BCUT2D eigenvalue weighted by Crippen LogP contribution is 2.24. The van der Waals surface area contributed by atoms with Gasteiger partial charge in [0.1, 0.15) is 5.82 Å². The van der Waals surface area contributed by atoms with Gasteiger partial charge in [-0.25, -0.2) is 4.98 Å². The fourth-order valence-corrected chi connectivity index (χ4v) is 3.98. The summed E-state index contributed by atoms with van der Waals surface area (Å²) < 4.78 is 2.09. The lowest BCUT2D eigenvalue weighted by Gasteiger charge is -2.18. The maximum Gasteiger partial charge on any atom is 0.222 e. The highest BCUT2D eigenvalue weighted by atomic mass is 32.1. The molecule has 2 N–H and O–H groups in total. The molecule has 0 saturated carbocycles. The van der Waals surface area contributed by atoms with E-state index in [1.165, 1.54) is 5.56 Å². The number of aromatic amines is 1. The quantitative estimate of drug-likeness (QED) is 0.452. The summed E-state index contributed by atoms with van der Waals surface area (Å²) in [7, 11) is 0. The molecule has 3 heterocycles. The van der Waals surface area contributed by atoms with Crippen molar-refractivity contribution in [3.8, 4) is 0 Å². The van der Waals surface area contributed by atoms with E-state index in [1.807, 2.05) is 48.8 Å². The van der Waals surface area contributed by atoms with Crippen molar-refractivity contribution in [3.05, 3.63) is 77.0 Å². The SMILES string of the molecule is O=C(CC(c1ccsc1)n1cccc1)NCCCc1nc2ccccc2[nH]1. The molecule has 138 valence electrons. The number of nitrogens with zero attached hydrogens (tertiary/aromatic N) is 2. The summed E-state index contributed by atoms with van der Waals surface area (Å²) in [6.45, 7) is 0.651. The maximum atomic E-state index is 12.5. The number of rotatable bonds is 8. The van der Waals surface area contributed by atoms with Crippen molar-refractivity contribution in [2.24, 2.45) is 0 Å². The molecule has 4 aromatic rings. The van der Waals surface area contributed by atoms with Gasteiger partial charge in [0.05, 0.1) is 23.5 Å². The number of thiophene rings is 1. The molecule has 0 aliphatic carbocycles. The molecule has 0 aliphatic rings. The Hall–Kier alpha value is -2.86.